The predicted molar refractivity (Wildman–Crippen MR) is 62.4 cm³/mol. The lowest BCUT2D eigenvalue weighted by Crippen LogP contribution is -1.87. The topological polar surface area (TPSA) is 72.3 Å². The van der Waals surface area contributed by atoms with E-state index in [2.05, 4.69) is 0 Å². The molecule has 5 N–H and O–H groups in total. The van der Waals surface area contributed by atoms with E-state index in [4.69, 9.17) is 11.5 Å². The summed E-state index contributed by atoms with van der Waals surface area (Å²) in [4.78, 5) is 0. The van der Waals surface area contributed by atoms with Gasteiger partial charge in [-0.1, -0.05) is 18.2 Å². The second-order valence-corrected chi connectivity index (χ2v) is 3.40. The van der Waals surface area contributed by atoms with Crippen LogP contribution in [0.3, 0.4) is 0 Å². The van der Waals surface area contributed by atoms with Crippen LogP contribution in [0.15, 0.2) is 42.5 Å². The van der Waals surface area contributed by atoms with E-state index < -0.39 is 0 Å². The zero-order valence-electron chi connectivity index (χ0n) is 8.14. The number of aromatic hydroxyl groups is 1. The third kappa shape index (κ3) is 1.86. The molecule has 76 valence electrons. The molecule has 0 heterocycles. The summed E-state index contributed by atoms with van der Waals surface area (Å²) >= 11 is 0. The number of hydrogen-bond acceptors (Lipinski definition) is 3. The SMILES string of the molecule is Nc1cccc(-c2ccc(N)c(O)c2)c1. The van der Waals surface area contributed by atoms with Crippen LogP contribution in [0.1, 0.15) is 0 Å². The van der Waals surface area contributed by atoms with Gasteiger partial charge in [-0.3, -0.25) is 0 Å². The van der Waals surface area contributed by atoms with E-state index in [1.54, 1.807) is 12.1 Å². The molecule has 0 aromatic heterocycles. The minimum atomic E-state index is 0.0925. The zero-order chi connectivity index (χ0) is 10.8. The number of hydrogen-bond donors (Lipinski definition) is 3. The lowest BCUT2D eigenvalue weighted by atomic mass is 10.0. The van der Waals surface area contributed by atoms with E-state index in [9.17, 15) is 5.11 Å². The molecule has 2 aromatic carbocycles. The van der Waals surface area contributed by atoms with Crippen molar-refractivity contribution in [2.45, 2.75) is 0 Å². The largest absolute Gasteiger partial charge is 0.506 e. The van der Waals surface area contributed by atoms with Crippen LogP contribution in [0.2, 0.25) is 0 Å². The first-order chi connectivity index (χ1) is 7.16. The Kier molecular flexibility index (Phi) is 2.21. The van der Waals surface area contributed by atoms with Crippen molar-refractivity contribution >= 4 is 11.4 Å². The Bertz CT molecular complexity index is 495. The van der Waals surface area contributed by atoms with Crippen molar-refractivity contribution in [1.29, 1.82) is 0 Å². The predicted octanol–water partition coefficient (Wildman–Crippen LogP) is 2.22. The summed E-state index contributed by atoms with van der Waals surface area (Å²) < 4.78 is 0. The summed E-state index contributed by atoms with van der Waals surface area (Å²) in [7, 11) is 0. The highest BCUT2D eigenvalue weighted by Crippen LogP contribution is 2.28. The van der Waals surface area contributed by atoms with Gasteiger partial charge in [-0.25, -0.2) is 0 Å². The zero-order valence-corrected chi connectivity index (χ0v) is 8.14. The molecule has 0 spiro atoms. The lowest BCUT2D eigenvalue weighted by Gasteiger charge is -2.05. The van der Waals surface area contributed by atoms with Crippen molar-refractivity contribution in [3.05, 3.63) is 42.5 Å². The molecule has 0 amide bonds. The number of anilines is 2. The smallest absolute Gasteiger partial charge is 0.139 e. The molecule has 15 heavy (non-hydrogen) atoms. The van der Waals surface area contributed by atoms with Gasteiger partial charge >= 0.3 is 0 Å². The highest BCUT2D eigenvalue weighted by Gasteiger charge is 2.01. The van der Waals surface area contributed by atoms with Crippen LogP contribution in [0, 0.1) is 0 Å². The maximum absolute atomic E-state index is 9.47. The third-order valence-electron chi connectivity index (χ3n) is 2.25. The Hall–Kier alpha value is -2.16. The van der Waals surface area contributed by atoms with E-state index in [0.29, 0.717) is 11.4 Å². The summed E-state index contributed by atoms with van der Waals surface area (Å²) in [5.41, 5.74) is 14.1. The second-order valence-electron chi connectivity index (χ2n) is 3.40. The number of phenolic OH excluding ortho intramolecular Hbond substituents is 1. The van der Waals surface area contributed by atoms with Crippen LogP contribution < -0.4 is 11.5 Å². The van der Waals surface area contributed by atoms with Crippen LogP contribution in [-0.2, 0) is 0 Å². The van der Waals surface area contributed by atoms with Gasteiger partial charge in [0.05, 0.1) is 5.69 Å². The van der Waals surface area contributed by atoms with Crippen molar-refractivity contribution in [2.75, 3.05) is 11.5 Å². The van der Waals surface area contributed by atoms with E-state index >= 15 is 0 Å². The molecule has 0 saturated carbocycles. The Balaban J connectivity index is 2.50. The molecule has 0 aliphatic heterocycles. The van der Waals surface area contributed by atoms with Crippen LogP contribution >= 0.6 is 0 Å². The highest BCUT2D eigenvalue weighted by atomic mass is 16.3. The average molecular weight is 200 g/mol. The maximum Gasteiger partial charge on any atom is 0.139 e. The highest BCUT2D eigenvalue weighted by molar-refractivity contribution is 5.71. The Morgan fingerprint density at radius 2 is 1.60 bits per heavy atom. The van der Waals surface area contributed by atoms with Crippen molar-refractivity contribution in [2.24, 2.45) is 0 Å². The average Bonchev–Trinajstić information content (AvgIpc) is 2.22. The van der Waals surface area contributed by atoms with Gasteiger partial charge in [0.15, 0.2) is 0 Å². The molecule has 0 aliphatic carbocycles. The molecule has 0 bridgehead atoms. The molecule has 0 aliphatic rings. The number of benzene rings is 2. The lowest BCUT2D eigenvalue weighted by molar-refractivity contribution is 0.478. The van der Waals surface area contributed by atoms with Crippen molar-refractivity contribution in [1.82, 2.24) is 0 Å². The first-order valence-corrected chi connectivity index (χ1v) is 4.61. The number of nitrogens with two attached hydrogens (primary N) is 2. The molecule has 0 fully saturated rings. The maximum atomic E-state index is 9.47. The molecule has 2 rings (SSSR count). The second kappa shape index (κ2) is 3.53. The summed E-state index contributed by atoms with van der Waals surface area (Å²) in [6.45, 7) is 0. The van der Waals surface area contributed by atoms with Gasteiger partial charge < -0.3 is 16.6 Å². The van der Waals surface area contributed by atoms with E-state index in [-0.39, 0.29) is 5.75 Å². The first kappa shape index (κ1) is 9.40. The molecule has 3 heteroatoms. The minimum Gasteiger partial charge on any atom is -0.506 e. The summed E-state index contributed by atoms with van der Waals surface area (Å²) in [6.07, 6.45) is 0. The van der Waals surface area contributed by atoms with E-state index in [1.165, 1.54) is 0 Å². The Morgan fingerprint density at radius 1 is 0.867 bits per heavy atom. The van der Waals surface area contributed by atoms with E-state index in [0.717, 1.165) is 11.1 Å². The minimum absolute atomic E-state index is 0.0925. The number of rotatable bonds is 1. The van der Waals surface area contributed by atoms with Crippen LogP contribution in [0.25, 0.3) is 11.1 Å². The van der Waals surface area contributed by atoms with Crippen molar-refractivity contribution in [3.8, 4) is 16.9 Å². The molecule has 0 atom stereocenters. The third-order valence-corrected chi connectivity index (χ3v) is 2.25. The number of nitrogen functional groups attached to an aromatic ring is 2. The molecule has 2 aromatic rings. The molecular formula is C12H12N2O. The quantitative estimate of drug-likeness (QED) is 0.488. The first-order valence-electron chi connectivity index (χ1n) is 4.61. The van der Waals surface area contributed by atoms with Gasteiger partial charge in [0, 0.05) is 5.69 Å². The Morgan fingerprint density at radius 3 is 2.27 bits per heavy atom. The fourth-order valence-corrected chi connectivity index (χ4v) is 1.44. The van der Waals surface area contributed by atoms with Gasteiger partial charge in [0.25, 0.3) is 0 Å². The molecule has 0 radical (unpaired) electrons. The fourth-order valence-electron chi connectivity index (χ4n) is 1.44. The molecular weight excluding hydrogens is 188 g/mol. The van der Waals surface area contributed by atoms with Gasteiger partial charge in [0.1, 0.15) is 5.75 Å². The van der Waals surface area contributed by atoms with Gasteiger partial charge in [-0.05, 0) is 35.4 Å². The van der Waals surface area contributed by atoms with Crippen LogP contribution in [-0.4, -0.2) is 5.11 Å². The normalized spacial score (nSPS) is 10.1. The molecule has 0 unspecified atom stereocenters. The van der Waals surface area contributed by atoms with E-state index in [1.807, 2.05) is 30.3 Å². The van der Waals surface area contributed by atoms with Gasteiger partial charge in [-0.2, -0.15) is 0 Å². The number of phenols is 1. The van der Waals surface area contributed by atoms with Gasteiger partial charge in [0.2, 0.25) is 0 Å². The summed E-state index contributed by atoms with van der Waals surface area (Å²) in [6, 6.07) is 12.6. The molecule has 3 nitrogen and oxygen atoms in total. The van der Waals surface area contributed by atoms with Crippen LogP contribution in [0.4, 0.5) is 11.4 Å². The van der Waals surface area contributed by atoms with Crippen molar-refractivity contribution in [3.63, 3.8) is 0 Å². The summed E-state index contributed by atoms with van der Waals surface area (Å²) in [5.74, 6) is 0.0925. The summed E-state index contributed by atoms with van der Waals surface area (Å²) in [5, 5.41) is 9.47. The Labute approximate surface area is 88.0 Å². The molecule has 0 saturated heterocycles. The van der Waals surface area contributed by atoms with Crippen molar-refractivity contribution < 1.29 is 5.11 Å². The van der Waals surface area contributed by atoms with Crippen LogP contribution in [0.5, 0.6) is 5.75 Å². The standard InChI is InChI=1S/C12H12N2O/c13-10-3-1-2-8(6-10)9-4-5-11(14)12(15)7-9/h1-7,15H,13-14H2. The van der Waals surface area contributed by atoms with Gasteiger partial charge in [-0.15, -0.1) is 0 Å². The fraction of sp³-hybridized carbons (Fsp3) is 0. The monoisotopic (exact) mass is 200 g/mol.